The molecule has 34 heavy (non-hydrogen) atoms. The van der Waals surface area contributed by atoms with Crippen LogP contribution in [0.1, 0.15) is 22.7 Å². The summed E-state index contributed by atoms with van der Waals surface area (Å²) < 4.78 is 10.7. The Hall–Kier alpha value is -3.48. The fraction of sp³-hybridized carbons (Fsp3) is 0.154. The summed E-state index contributed by atoms with van der Waals surface area (Å²) in [6.45, 7) is 1.92. The number of ether oxygens (including phenoxy) is 2. The molecule has 0 spiro atoms. The van der Waals surface area contributed by atoms with Crippen molar-refractivity contribution < 1.29 is 24.2 Å². The van der Waals surface area contributed by atoms with Gasteiger partial charge in [0.15, 0.2) is 0 Å². The first-order chi connectivity index (χ1) is 16.3. The van der Waals surface area contributed by atoms with Gasteiger partial charge >= 0.3 is 0 Å². The Bertz CT molecular complexity index is 1320. The van der Waals surface area contributed by atoms with E-state index in [1.807, 2.05) is 19.1 Å². The Morgan fingerprint density at radius 2 is 1.62 bits per heavy atom. The number of hydrogen-bond donors (Lipinski definition) is 1. The van der Waals surface area contributed by atoms with Gasteiger partial charge < -0.3 is 14.6 Å². The second-order valence-electron chi connectivity index (χ2n) is 7.74. The second-order valence-corrected chi connectivity index (χ2v) is 8.56. The lowest BCUT2D eigenvalue weighted by Crippen LogP contribution is -2.29. The molecule has 0 bridgehead atoms. The third kappa shape index (κ3) is 4.11. The number of hydrogen-bond acceptors (Lipinski definition) is 5. The first-order valence-electron chi connectivity index (χ1n) is 10.3. The van der Waals surface area contributed by atoms with Crippen LogP contribution in [0.15, 0.2) is 66.2 Å². The van der Waals surface area contributed by atoms with Gasteiger partial charge in [-0.15, -0.1) is 0 Å². The molecule has 1 aliphatic rings. The molecule has 1 aliphatic heterocycles. The van der Waals surface area contributed by atoms with Gasteiger partial charge in [0.25, 0.3) is 11.7 Å². The maximum absolute atomic E-state index is 13.3. The molecule has 174 valence electrons. The number of benzene rings is 3. The Balaban J connectivity index is 2.00. The van der Waals surface area contributed by atoms with E-state index in [1.165, 1.54) is 19.1 Å². The molecule has 1 fully saturated rings. The van der Waals surface area contributed by atoms with Gasteiger partial charge in [0.1, 0.15) is 17.3 Å². The predicted molar refractivity (Wildman–Crippen MR) is 132 cm³/mol. The van der Waals surface area contributed by atoms with Crippen LogP contribution in [0.2, 0.25) is 10.0 Å². The number of aryl methyl sites for hydroxylation is 1. The van der Waals surface area contributed by atoms with E-state index in [0.717, 1.165) is 5.56 Å². The molecule has 0 radical (unpaired) electrons. The first kappa shape index (κ1) is 23.7. The maximum atomic E-state index is 13.3. The van der Waals surface area contributed by atoms with Crippen LogP contribution in [0.3, 0.4) is 0 Å². The van der Waals surface area contributed by atoms with Crippen molar-refractivity contribution in [1.82, 2.24) is 0 Å². The number of halogens is 2. The number of Topliss-reactive ketones (excluding diaryl/α,β-unsaturated/α-hetero) is 1. The highest BCUT2D eigenvalue weighted by atomic mass is 35.5. The van der Waals surface area contributed by atoms with Crippen molar-refractivity contribution in [2.75, 3.05) is 19.1 Å². The van der Waals surface area contributed by atoms with Crippen LogP contribution < -0.4 is 14.4 Å². The summed E-state index contributed by atoms with van der Waals surface area (Å²) in [5, 5.41) is 12.0. The lowest BCUT2D eigenvalue weighted by atomic mass is 9.94. The molecule has 1 heterocycles. The van der Waals surface area contributed by atoms with Crippen molar-refractivity contribution in [3.8, 4) is 11.5 Å². The standard InChI is InChI=1S/C26H21Cl2NO5/c1-14-4-7-16(8-5-14)29-23(15-6-10-19(27)20(28)12-15)22(25(31)26(29)32)24(30)18-13-17(33-2)9-11-21(18)34-3/h4-13,23,30H,1-3H3/b24-22+. The van der Waals surface area contributed by atoms with Crippen molar-refractivity contribution in [3.05, 3.63) is 93.0 Å². The van der Waals surface area contributed by atoms with Gasteiger partial charge in [0.05, 0.1) is 41.4 Å². The number of amides is 1. The highest BCUT2D eigenvalue weighted by Crippen LogP contribution is 2.44. The molecular weight excluding hydrogens is 477 g/mol. The number of aliphatic hydroxyl groups excluding tert-OH is 1. The molecule has 0 saturated carbocycles. The van der Waals surface area contributed by atoms with E-state index in [2.05, 4.69) is 0 Å². The fourth-order valence-corrected chi connectivity index (χ4v) is 4.25. The third-order valence-corrected chi connectivity index (χ3v) is 6.42. The van der Waals surface area contributed by atoms with E-state index < -0.39 is 17.7 Å². The number of ketones is 1. The van der Waals surface area contributed by atoms with Crippen molar-refractivity contribution >= 4 is 46.3 Å². The molecule has 1 N–H and O–H groups in total. The van der Waals surface area contributed by atoms with E-state index in [9.17, 15) is 14.7 Å². The summed E-state index contributed by atoms with van der Waals surface area (Å²) in [5.74, 6) is -1.24. The zero-order valence-corrected chi connectivity index (χ0v) is 20.1. The molecule has 0 aromatic heterocycles. The molecule has 1 unspecified atom stereocenters. The average Bonchev–Trinajstić information content (AvgIpc) is 3.11. The number of carbonyl (C=O) groups excluding carboxylic acids is 2. The van der Waals surface area contributed by atoms with Crippen LogP contribution >= 0.6 is 23.2 Å². The SMILES string of the molecule is COc1ccc(OC)c(/C(O)=C2\C(=O)C(=O)N(c3ccc(C)cc3)C2c2ccc(Cl)c(Cl)c2)c1. The third-order valence-electron chi connectivity index (χ3n) is 5.68. The minimum atomic E-state index is -0.951. The van der Waals surface area contributed by atoms with Crippen LogP contribution in [-0.2, 0) is 9.59 Å². The molecule has 3 aromatic rings. The quantitative estimate of drug-likeness (QED) is 0.268. The monoisotopic (exact) mass is 497 g/mol. The van der Waals surface area contributed by atoms with E-state index in [4.69, 9.17) is 32.7 Å². The second kappa shape index (κ2) is 9.41. The normalized spacial score (nSPS) is 17.2. The van der Waals surface area contributed by atoms with E-state index in [-0.39, 0.29) is 21.9 Å². The molecule has 1 saturated heterocycles. The van der Waals surface area contributed by atoms with Gasteiger partial charge in [-0.25, -0.2) is 0 Å². The molecule has 6 nitrogen and oxygen atoms in total. The zero-order valence-electron chi connectivity index (χ0n) is 18.6. The van der Waals surface area contributed by atoms with Gasteiger partial charge in [-0.05, 0) is 55.0 Å². The van der Waals surface area contributed by atoms with Crippen LogP contribution in [0.25, 0.3) is 5.76 Å². The Morgan fingerprint density at radius 3 is 2.24 bits per heavy atom. The summed E-state index contributed by atoms with van der Waals surface area (Å²) in [4.78, 5) is 27.9. The maximum Gasteiger partial charge on any atom is 0.300 e. The number of aliphatic hydroxyl groups is 1. The van der Waals surface area contributed by atoms with Gasteiger partial charge in [0.2, 0.25) is 0 Å². The van der Waals surface area contributed by atoms with Crippen molar-refractivity contribution in [2.24, 2.45) is 0 Å². The van der Waals surface area contributed by atoms with E-state index in [1.54, 1.807) is 48.5 Å². The minimum absolute atomic E-state index is 0.101. The zero-order chi connectivity index (χ0) is 24.6. The first-order valence-corrected chi connectivity index (χ1v) is 11.1. The Kier molecular flexibility index (Phi) is 6.55. The molecule has 4 rings (SSSR count). The molecule has 8 heteroatoms. The predicted octanol–water partition coefficient (Wildman–Crippen LogP) is 5.95. The highest BCUT2D eigenvalue weighted by molar-refractivity contribution is 6.52. The molecule has 1 amide bonds. The van der Waals surface area contributed by atoms with Crippen LogP contribution in [0.5, 0.6) is 11.5 Å². The number of carbonyl (C=O) groups is 2. The Morgan fingerprint density at radius 1 is 0.912 bits per heavy atom. The number of anilines is 1. The van der Waals surface area contributed by atoms with Gasteiger partial charge in [-0.3, -0.25) is 14.5 Å². The molecule has 0 aliphatic carbocycles. The Labute approximate surface area is 206 Å². The van der Waals surface area contributed by atoms with Crippen molar-refractivity contribution in [2.45, 2.75) is 13.0 Å². The van der Waals surface area contributed by atoms with Crippen LogP contribution in [0.4, 0.5) is 5.69 Å². The summed E-state index contributed by atoms with van der Waals surface area (Å²) in [6, 6.07) is 15.9. The molecule has 3 aromatic carbocycles. The van der Waals surface area contributed by atoms with Crippen LogP contribution in [-0.4, -0.2) is 31.0 Å². The fourth-order valence-electron chi connectivity index (χ4n) is 3.95. The minimum Gasteiger partial charge on any atom is -0.507 e. The largest absolute Gasteiger partial charge is 0.507 e. The average molecular weight is 498 g/mol. The summed E-state index contributed by atoms with van der Waals surface area (Å²) in [6.07, 6.45) is 0. The molecular formula is C26H21Cl2NO5. The summed E-state index contributed by atoms with van der Waals surface area (Å²) >= 11 is 12.4. The van der Waals surface area contributed by atoms with E-state index >= 15 is 0 Å². The topological polar surface area (TPSA) is 76.1 Å². The van der Waals surface area contributed by atoms with Crippen LogP contribution in [0, 0.1) is 6.92 Å². The summed E-state index contributed by atoms with van der Waals surface area (Å²) in [5.41, 5.74) is 2.12. The van der Waals surface area contributed by atoms with Gasteiger partial charge in [0, 0.05) is 5.69 Å². The van der Waals surface area contributed by atoms with Crippen molar-refractivity contribution in [1.29, 1.82) is 0 Å². The van der Waals surface area contributed by atoms with E-state index in [0.29, 0.717) is 27.8 Å². The smallest absolute Gasteiger partial charge is 0.300 e. The highest BCUT2D eigenvalue weighted by Gasteiger charge is 2.47. The van der Waals surface area contributed by atoms with Gasteiger partial charge in [-0.1, -0.05) is 47.0 Å². The number of rotatable bonds is 5. The lowest BCUT2D eigenvalue weighted by molar-refractivity contribution is -0.132. The van der Waals surface area contributed by atoms with Crippen molar-refractivity contribution in [3.63, 3.8) is 0 Å². The number of methoxy groups -OCH3 is 2. The lowest BCUT2D eigenvalue weighted by Gasteiger charge is -2.26. The number of nitrogens with zero attached hydrogens (tertiary/aromatic N) is 1. The van der Waals surface area contributed by atoms with Gasteiger partial charge in [-0.2, -0.15) is 0 Å². The molecule has 1 atom stereocenters. The summed E-state index contributed by atoms with van der Waals surface area (Å²) in [7, 11) is 2.93.